The van der Waals surface area contributed by atoms with Crippen molar-refractivity contribution in [2.24, 2.45) is 0 Å². The predicted molar refractivity (Wildman–Crippen MR) is 115 cm³/mol. The minimum Gasteiger partial charge on any atom is -0.479 e. The molecule has 3 fully saturated rings. The molecule has 0 aromatic rings. The number of hydrogen-bond donors (Lipinski definition) is 8. The quantitative estimate of drug-likeness (QED) is 0.0943. The molecule has 3 heterocycles. The second-order valence-electron chi connectivity index (χ2n) is 9.15. The van der Waals surface area contributed by atoms with Gasteiger partial charge in [-0.25, -0.2) is 4.79 Å². The van der Waals surface area contributed by atoms with Crippen LogP contribution in [0.15, 0.2) is 0 Å². The average Bonchev–Trinajstić information content (AvgIpc) is 2.87. The summed E-state index contributed by atoms with van der Waals surface area (Å²) in [5.41, 5.74) is 0. The minimum absolute atomic E-state index is 0.163. The number of carbonyl (C=O) groups is 3. The summed E-state index contributed by atoms with van der Waals surface area (Å²) in [6, 6.07) is 0. The topological polar surface area (TPSA) is 278 Å². The standard InChI is InChI=1S/C21H32O18/c1-5-8(25)13(12(29)19(32)34-5)37-21-17(35-6(2)24)15(14(33-4-23)16(39-21)18(30)31)38-20-11(28)10(27)9(26)7(3-22)36-20/h4-5,7-17,19-22,25-29,32H,3H2,1-2H3,(H,30,31)/t5-,7+,8+,9-,10-,11+,12-,13+,14+,15-,16-,17+,19+,20+,21-/m0/s1. The first-order valence-electron chi connectivity index (χ1n) is 11.8. The Morgan fingerprint density at radius 2 is 1.44 bits per heavy atom. The number of aliphatic carboxylic acids is 1. The Morgan fingerprint density at radius 3 is 2.00 bits per heavy atom. The van der Waals surface area contributed by atoms with Crippen LogP contribution in [-0.2, 0) is 47.5 Å². The first-order valence-corrected chi connectivity index (χ1v) is 11.8. The van der Waals surface area contributed by atoms with Gasteiger partial charge in [-0.3, -0.25) is 9.59 Å². The van der Waals surface area contributed by atoms with Gasteiger partial charge in [0.1, 0.15) is 48.8 Å². The lowest BCUT2D eigenvalue weighted by atomic mass is 9.95. The van der Waals surface area contributed by atoms with E-state index in [0.29, 0.717) is 0 Å². The van der Waals surface area contributed by atoms with E-state index in [1.807, 2.05) is 0 Å². The van der Waals surface area contributed by atoms with Gasteiger partial charge >= 0.3 is 11.9 Å². The number of hydrogen-bond acceptors (Lipinski definition) is 17. The van der Waals surface area contributed by atoms with E-state index in [2.05, 4.69) is 0 Å². The highest BCUT2D eigenvalue weighted by molar-refractivity contribution is 5.74. The normalized spacial score (nSPS) is 46.7. The second kappa shape index (κ2) is 13.1. The molecule has 39 heavy (non-hydrogen) atoms. The third-order valence-electron chi connectivity index (χ3n) is 6.48. The molecule has 18 heteroatoms. The van der Waals surface area contributed by atoms with Crippen LogP contribution in [0.1, 0.15) is 13.8 Å². The van der Waals surface area contributed by atoms with Crippen molar-refractivity contribution < 1.29 is 88.4 Å². The molecule has 0 aromatic carbocycles. The van der Waals surface area contributed by atoms with Crippen molar-refractivity contribution in [3.8, 4) is 0 Å². The van der Waals surface area contributed by atoms with Gasteiger partial charge in [0.05, 0.1) is 12.7 Å². The number of esters is 1. The number of aliphatic hydroxyl groups is 7. The van der Waals surface area contributed by atoms with Crippen LogP contribution in [0.2, 0.25) is 0 Å². The number of carboxylic acids is 1. The molecule has 18 nitrogen and oxygen atoms in total. The molecule has 0 bridgehead atoms. The summed E-state index contributed by atoms with van der Waals surface area (Å²) in [5, 5.41) is 80.6. The van der Waals surface area contributed by atoms with E-state index in [9.17, 15) is 55.2 Å². The van der Waals surface area contributed by atoms with Crippen molar-refractivity contribution in [2.75, 3.05) is 6.61 Å². The zero-order valence-corrected chi connectivity index (χ0v) is 20.6. The fourth-order valence-corrected chi connectivity index (χ4v) is 4.47. The maximum absolute atomic E-state index is 12.0. The summed E-state index contributed by atoms with van der Waals surface area (Å²) >= 11 is 0. The summed E-state index contributed by atoms with van der Waals surface area (Å²) < 4.78 is 36.9. The van der Waals surface area contributed by atoms with Crippen LogP contribution in [0.3, 0.4) is 0 Å². The third kappa shape index (κ3) is 6.64. The Hall–Kier alpha value is -2.07. The first kappa shape index (κ1) is 31.5. The minimum atomic E-state index is -2.10. The van der Waals surface area contributed by atoms with Gasteiger partial charge in [0.25, 0.3) is 6.47 Å². The highest BCUT2D eigenvalue weighted by Crippen LogP contribution is 2.34. The van der Waals surface area contributed by atoms with Crippen LogP contribution in [-0.4, -0.2) is 158 Å². The number of ether oxygens (including phenoxy) is 7. The van der Waals surface area contributed by atoms with E-state index < -0.39 is 111 Å². The van der Waals surface area contributed by atoms with Crippen molar-refractivity contribution >= 4 is 18.4 Å². The molecule has 3 saturated heterocycles. The summed E-state index contributed by atoms with van der Waals surface area (Å²) in [6.07, 6.45) is -26.9. The zero-order valence-electron chi connectivity index (χ0n) is 20.6. The molecule has 0 spiro atoms. The molecular formula is C21H32O18. The SMILES string of the molecule is CC(=O)O[C@H]1[C@@H](O[C@@H]2[C@H](O)[C@H](C)O[C@@H](O)[C@H]2O)O[C@H](C(=O)O)[C@H](OC=O)[C@@H]1O[C@H]1O[C@H](CO)[C@H](O)[C@H](O)[C@H]1O. The van der Waals surface area contributed by atoms with Gasteiger partial charge in [-0.15, -0.1) is 0 Å². The van der Waals surface area contributed by atoms with Crippen LogP contribution >= 0.6 is 0 Å². The summed E-state index contributed by atoms with van der Waals surface area (Å²) in [5.74, 6) is -2.75. The third-order valence-corrected chi connectivity index (χ3v) is 6.48. The van der Waals surface area contributed by atoms with Crippen molar-refractivity contribution in [1.29, 1.82) is 0 Å². The van der Waals surface area contributed by atoms with Gasteiger partial charge < -0.3 is 74.0 Å². The fourth-order valence-electron chi connectivity index (χ4n) is 4.47. The van der Waals surface area contributed by atoms with E-state index in [1.165, 1.54) is 6.92 Å². The maximum Gasteiger partial charge on any atom is 0.336 e. The van der Waals surface area contributed by atoms with Crippen molar-refractivity contribution in [2.45, 2.75) is 106 Å². The molecule has 3 aliphatic rings. The van der Waals surface area contributed by atoms with Gasteiger partial charge in [0, 0.05) is 6.92 Å². The van der Waals surface area contributed by atoms with Gasteiger partial charge in [-0.05, 0) is 6.92 Å². The summed E-state index contributed by atoms with van der Waals surface area (Å²) in [7, 11) is 0. The highest BCUT2D eigenvalue weighted by Gasteiger charge is 2.57. The van der Waals surface area contributed by atoms with Gasteiger partial charge in [-0.2, -0.15) is 0 Å². The van der Waals surface area contributed by atoms with Crippen LogP contribution in [0.25, 0.3) is 0 Å². The Balaban J connectivity index is 2.00. The lowest BCUT2D eigenvalue weighted by Gasteiger charge is -2.48. The fraction of sp³-hybridized carbons (Fsp3) is 0.857. The molecular weight excluding hydrogens is 540 g/mol. The highest BCUT2D eigenvalue weighted by atomic mass is 16.8. The largest absolute Gasteiger partial charge is 0.479 e. The summed E-state index contributed by atoms with van der Waals surface area (Å²) in [4.78, 5) is 35.3. The van der Waals surface area contributed by atoms with Gasteiger partial charge in [-0.1, -0.05) is 0 Å². The molecule has 8 N–H and O–H groups in total. The molecule has 0 aliphatic carbocycles. The Morgan fingerprint density at radius 1 is 0.795 bits per heavy atom. The first-order chi connectivity index (χ1) is 18.3. The molecule has 0 saturated carbocycles. The summed E-state index contributed by atoms with van der Waals surface area (Å²) in [6.45, 7) is 1.26. The van der Waals surface area contributed by atoms with Crippen molar-refractivity contribution in [1.82, 2.24) is 0 Å². The number of carboxylic acid groups (broad SMARTS) is 1. The molecule has 0 unspecified atom stereocenters. The van der Waals surface area contributed by atoms with E-state index in [4.69, 9.17) is 33.2 Å². The van der Waals surface area contributed by atoms with E-state index in [-0.39, 0.29) is 6.47 Å². The maximum atomic E-state index is 12.0. The van der Waals surface area contributed by atoms with Crippen LogP contribution in [0.5, 0.6) is 0 Å². The van der Waals surface area contributed by atoms with E-state index in [1.54, 1.807) is 0 Å². The van der Waals surface area contributed by atoms with Crippen LogP contribution in [0, 0.1) is 0 Å². The van der Waals surface area contributed by atoms with Crippen LogP contribution < -0.4 is 0 Å². The number of aliphatic hydroxyl groups excluding tert-OH is 7. The Labute approximate surface area is 220 Å². The molecule has 15 atom stereocenters. The van der Waals surface area contributed by atoms with Crippen molar-refractivity contribution in [3.63, 3.8) is 0 Å². The van der Waals surface area contributed by atoms with E-state index in [0.717, 1.165) is 6.92 Å². The lowest BCUT2D eigenvalue weighted by Crippen LogP contribution is -2.68. The average molecular weight is 572 g/mol. The van der Waals surface area contributed by atoms with Gasteiger partial charge in [0.2, 0.25) is 0 Å². The van der Waals surface area contributed by atoms with Crippen molar-refractivity contribution in [3.05, 3.63) is 0 Å². The van der Waals surface area contributed by atoms with Gasteiger partial charge in [0.15, 0.2) is 37.2 Å². The molecule has 3 aliphatic heterocycles. The number of rotatable bonds is 9. The molecule has 0 aromatic heterocycles. The number of carbonyl (C=O) groups excluding carboxylic acids is 2. The molecule has 3 rings (SSSR count). The lowest BCUT2D eigenvalue weighted by molar-refractivity contribution is -0.374. The predicted octanol–water partition coefficient (Wildman–Crippen LogP) is -5.70. The second-order valence-corrected chi connectivity index (χ2v) is 9.15. The zero-order chi connectivity index (χ0) is 29.2. The molecule has 224 valence electrons. The molecule has 0 radical (unpaired) electrons. The Bertz CT molecular complexity index is 841. The Kier molecular flexibility index (Phi) is 10.5. The van der Waals surface area contributed by atoms with E-state index >= 15 is 0 Å². The smallest absolute Gasteiger partial charge is 0.336 e. The monoisotopic (exact) mass is 572 g/mol. The molecule has 0 amide bonds. The van der Waals surface area contributed by atoms with Crippen LogP contribution in [0.4, 0.5) is 0 Å².